The lowest BCUT2D eigenvalue weighted by molar-refractivity contribution is 0.321. The number of hydrogen-bond donors (Lipinski definition) is 1. The van der Waals surface area contributed by atoms with Gasteiger partial charge < -0.3 is 19.4 Å². The number of ether oxygens (including phenoxy) is 3. The summed E-state index contributed by atoms with van der Waals surface area (Å²) >= 11 is 11.1. The van der Waals surface area contributed by atoms with Crippen LogP contribution in [0.3, 0.4) is 0 Å². The number of benzene rings is 2. The first-order valence-electron chi connectivity index (χ1n) is 8.87. The number of halogens is 2. The molecule has 0 spiro atoms. The molecule has 30 heavy (non-hydrogen) atoms. The first-order valence-corrected chi connectivity index (χ1v) is 9.62. The fraction of sp³-hybridized carbons (Fsp3) is 0.143. The van der Waals surface area contributed by atoms with Crippen LogP contribution in [0.25, 0.3) is 0 Å². The van der Waals surface area contributed by atoms with E-state index in [-0.39, 0.29) is 11.1 Å². The van der Waals surface area contributed by atoms with Gasteiger partial charge in [-0.2, -0.15) is 5.10 Å². The van der Waals surface area contributed by atoms with Crippen LogP contribution < -0.4 is 14.2 Å². The minimum absolute atomic E-state index is 0.165. The zero-order chi connectivity index (χ0) is 21.5. The lowest BCUT2D eigenvalue weighted by Gasteiger charge is -2.10. The van der Waals surface area contributed by atoms with Gasteiger partial charge in [0.15, 0.2) is 0 Å². The number of hydrogen-bond acceptors (Lipinski definition) is 6. The molecule has 7 nitrogen and oxygen atoms in total. The highest BCUT2D eigenvalue weighted by Gasteiger charge is 2.14. The van der Waals surface area contributed by atoms with Crippen molar-refractivity contribution in [1.29, 1.82) is 0 Å². The van der Waals surface area contributed by atoms with E-state index in [4.69, 9.17) is 42.6 Å². The second-order valence-electron chi connectivity index (χ2n) is 6.12. The lowest BCUT2D eigenvalue weighted by Crippen LogP contribution is -1.97. The highest BCUT2D eigenvalue weighted by atomic mass is 35.5. The molecule has 0 bridgehead atoms. The predicted octanol–water partition coefficient (Wildman–Crippen LogP) is 5.82. The van der Waals surface area contributed by atoms with Crippen molar-refractivity contribution in [2.24, 2.45) is 12.2 Å². The molecule has 0 saturated carbocycles. The molecular weight excluding hydrogens is 429 g/mol. The highest BCUT2D eigenvalue weighted by molar-refractivity contribution is 6.55. The van der Waals surface area contributed by atoms with Crippen LogP contribution in [0.2, 0.25) is 0 Å². The van der Waals surface area contributed by atoms with Crippen LogP contribution in [0.5, 0.6) is 28.9 Å². The summed E-state index contributed by atoms with van der Waals surface area (Å²) in [7, 11) is 1.75. The summed E-state index contributed by atoms with van der Waals surface area (Å²) in [4.78, 5) is 0. The molecular formula is C21H19Cl2N3O4. The van der Waals surface area contributed by atoms with Crippen molar-refractivity contribution >= 4 is 29.4 Å². The van der Waals surface area contributed by atoms with Crippen LogP contribution in [-0.4, -0.2) is 27.8 Å². The molecule has 1 heterocycles. The summed E-state index contributed by atoms with van der Waals surface area (Å²) in [5.41, 5.74) is 1.30. The summed E-state index contributed by atoms with van der Waals surface area (Å²) in [6, 6.07) is 14.3. The van der Waals surface area contributed by atoms with Crippen LogP contribution in [0.4, 0.5) is 0 Å². The first kappa shape index (κ1) is 21.5. The van der Waals surface area contributed by atoms with Crippen molar-refractivity contribution in [1.82, 2.24) is 9.78 Å². The average molecular weight is 448 g/mol. The zero-order valence-electron chi connectivity index (χ0n) is 16.3. The summed E-state index contributed by atoms with van der Waals surface area (Å²) < 4.78 is 19.0. The second-order valence-corrected chi connectivity index (χ2v) is 7.13. The van der Waals surface area contributed by atoms with Crippen molar-refractivity contribution in [2.75, 3.05) is 6.61 Å². The van der Waals surface area contributed by atoms with Crippen molar-refractivity contribution in [3.63, 3.8) is 0 Å². The Morgan fingerprint density at radius 2 is 1.53 bits per heavy atom. The zero-order valence-corrected chi connectivity index (χ0v) is 17.8. The van der Waals surface area contributed by atoms with E-state index in [0.717, 1.165) is 0 Å². The number of oxime groups is 1. The Morgan fingerprint density at radius 1 is 1.00 bits per heavy atom. The molecule has 0 aliphatic heterocycles. The molecule has 0 radical (unpaired) electrons. The Morgan fingerprint density at radius 3 is 2.07 bits per heavy atom. The van der Waals surface area contributed by atoms with E-state index in [1.807, 2.05) is 0 Å². The van der Waals surface area contributed by atoms with Gasteiger partial charge in [-0.05, 0) is 61.5 Å². The molecule has 0 fully saturated rings. The summed E-state index contributed by atoms with van der Waals surface area (Å²) in [6.45, 7) is 2.09. The quantitative estimate of drug-likeness (QED) is 0.267. The standard InChI is InChI=1S/C21H19Cl2N3O4/c1-14-19(13-24-27)21(26(2)25-14)30-18-9-7-17(8-10-18)29-16-5-3-15(4-6-16)28-12-11-20(22)23/h3-11,13,27H,12H2,1-2H3. The third kappa shape index (κ3) is 5.68. The van der Waals surface area contributed by atoms with Crippen LogP contribution in [0, 0.1) is 6.92 Å². The normalized spacial score (nSPS) is 10.8. The summed E-state index contributed by atoms with van der Waals surface area (Å²) in [5.74, 6) is 3.04. The molecule has 0 unspecified atom stereocenters. The number of aryl methyl sites for hydroxylation is 2. The van der Waals surface area contributed by atoms with Crippen molar-refractivity contribution in [2.45, 2.75) is 6.92 Å². The molecule has 0 aliphatic carbocycles. The number of nitrogens with zero attached hydrogens (tertiary/aromatic N) is 3. The maximum atomic E-state index is 8.84. The van der Waals surface area contributed by atoms with Gasteiger partial charge in [0.05, 0.1) is 17.5 Å². The van der Waals surface area contributed by atoms with Gasteiger partial charge in [-0.15, -0.1) is 0 Å². The van der Waals surface area contributed by atoms with Gasteiger partial charge in [0.2, 0.25) is 5.88 Å². The SMILES string of the molecule is Cc1nn(C)c(Oc2ccc(Oc3ccc(OCC=C(Cl)Cl)cc3)cc2)c1C=NO. The van der Waals surface area contributed by atoms with E-state index in [1.165, 1.54) is 6.21 Å². The van der Waals surface area contributed by atoms with E-state index in [9.17, 15) is 0 Å². The molecule has 156 valence electrons. The van der Waals surface area contributed by atoms with Gasteiger partial charge in [-0.1, -0.05) is 28.4 Å². The Labute approximate surface area is 183 Å². The Balaban J connectivity index is 1.63. The van der Waals surface area contributed by atoms with Gasteiger partial charge in [0.25, 0.3) is 0 Å². The number of rotatable bonds is 8. The van der Waals surface area contributed by atoms with Crippen molar-refractivity contribution in [3.8, 4) is 28.9 Å². The predicted molar refractivity (Wildman–Crippen MR) is 116 cm³/mol. The van der Waals surface area contributed by atoms with Crippen LogP contribution >= 0.6 is 23.2 Å². The van der Waals surface area contributed by atoms with Crippen LogP contribution in [0.15, 0.2) is 64.3 Å². The molecule has 0 saturated heterocycles. The fourth-order valence-electron chi connectivity index (χ4n) is 2.61. The van der Waals surface area contributed by atoms with Gasteiger partial charge >= 0.3 is 0 Å². The Bertz CT molecular complexity index is 1040. The lowest BCUT2D eigenvalue weighted by atomic mass is 10.2. The maximum Gasteiger partial charge on any atom is 0.226 e. The fourth-order valence-corrected chi connectivity index (χ4v) is 2.73. The van der Waals surface area contributed by atoms with E-state index in [2.05, 4.69) is 10.3 Å². The van der Waals surface area contributed by atoms with E-state index in [0.29, 0.717) is 40.1 Å². The largest absolute Gasteiger partial charge is 0.489 e. The van der Waals surface area contributed by atoms with Crippen LogP contribution in [-0.2, 0) is 7.05 Å². The van der Waals surface area contributed by atoms with Crippen molar-refractivity contribution < 1.29 is 19.4 Å². The molecule has 0 atom stereocenters. The van der Waals surface area contributed by atoms with Gasteiger partial charge in [-0.3, -0.25) is 0 Å². The average Bonchev–Trinajstić information content (AvgIpc) is 2.98. The molecule has 9 heteroatoms. The molecule has 1 aromatic heterocycles. The molecule has 1 N–H and O–H groups in total. The Hall–Kier alpha value is -3.16. The van der Waals surface area contributed by atoms with E-state index >= 15 is 0 Å². The van der Waals surface area contributed by atoms with Gasteiger partial charge in [0, 0.05) is 7.05 Å². The van der Waals surface area contributed by atoms with Crippen molar-refractivity contribution in [3.05, 3.63) is 70.4 Å². The minimum atomic E-state index is 0.165. The third-order valence-electron chi connectivity index (χ3n) is 3.99. The molecule has 0 amide bonds. The van der Waals surface area contributed by atoms with Gasteiger partial charge in [-0.25, -0.2) is 4.68 Å². The smallest absolute Gasteiger partial charge is 0.226 e. The highest BCUT2D eigenvalue weighted by Crippen LogP contribution is 2.29. The molecule has 0 aliphatic rings. The number of aromatic nitrogens is 2. The topological polar surface area (TPSA) is 78.1 Å². The molecule has 3 aromatic rings. The van der Waals surface area contributed by atoms with Crippen LogP contribution in [0.1, 0.15) is 11.3 Å². The second kappa shape index (κ2) is 10.0. The summed E-state index contributed by atoms with van der Waals surface area (Å²) in [6.07, 6.45) is 2.85. The van der Waals surface area contributed by atoms with E-state index < -0.39 is 0 Å². The minimum Gasteiger partial charge on any atom is -0.489 e. The molecule has 2 aromatic carbocycles. The third-order valence-corrected chi connectivity index (χ3v) is 4.29. The maximum absolute atomic E-state index is 8.84. The van der Waals surface area contributed by atoms with Gasteiger partial charge in [0.1, 0.15) is 34.1 Å². The Kier molecular flexibility index (Phi) is 7.21. The first-order chi connectivity index (χ1) is 14.5. The van der Waals surface area contributed by atoms with E-state index in [1.54, 1.807) is 73.3 Å². The monoisotopic (exact) mass is 447 g/mol. The molecule has 3 rings (SSSR count). The summed E-state index contributed by atoms with van der Waals surface area (Å²) in [5, 5.41) is 16.2.